The van der Waals surface area contributed by atoms with Crippen LogP contribution in [0.3, 0.4) is 0 Å². The number of hydrogen-bond donors (Lipinski definition) is 0. The summed E-state index contributed by atoms with van der Waals surface area (Å²) >= 11 is 0. The molecule has 2 rings (SSSR count). The molecule has 0 saturated carbocycles. The van der Waals surface area contributed by atoms with Crippen molar-refractivity contribution in [2.45, 2.75) is 12.3 Å². The Morgan fingerprint density at radius 3 is 3.07 bits per heavy atom. The second kappa shape index (κ2) is 3.62. The summed E-state index contributed by atoms with van der Waals surface area (Å²) in [6.45, 7) is 0. The highest BCUT2D eigenvalue weighted by molar-refractivity contribution is 5.86. The molecule has 3 heteroatoms. The molecule has 0 amide bonds. The first-order chi connectivity index (χ1) is 6.83. The molecule has 0 aromatic heterocycles. The number of aliphatic imine (C=N–C) groups is 1. The standard InChI is InChI=1S/C11H11NO2/c1-14-11(13)9-6-7-12-10-5-3-2-4-8(9)10/h2-5,7,9H,6H2,1H3. The quantitative estimate of drug-likeness (QED) is 0.634. The van der Waals surface area contributed by atoms with Crippen molar-refractivity contribution in [3.63, 3.8) is 0 Å². The Balaban J connectivity index is 2.40. The minimum Gasteiger partial charge on any atom is -0.469 e. The number of methoxy groups -OCH3 is 1. The number of ether oxygens (including phenoxy) is 1. The minimum absolute atomic E-state index is 0.186. The third-order valence-corrected chi connectivity index (χ3v) is 2.37. The van der Waals surface area contributed by atoms with Crippen molar-refractivity contribution in [3.05, 3.63) is 29.8 Å². The first-order valence-electron chi connectivity index (χ1n) is 4.52. The van der Waals surface area contributed by atoms with E-state index < -0.39 is 0 Å². The van der Waals surface area contributed by atoms with Crippen LogP contribution in [0.5, 0.6) is 0 Å². The Kier molecular flexibility index (Phi) is 2.31. The minimum atomic E-state index is -0.191. The molecule has 1 heterocycles. The van der Waals surface area contributed by atoms with Gasteiger partial charge in [-0.25, -0.2) is 0 Å². The lowest BCUT2D eigenvalue weighted by Crippen LogP contribution is -2.16. The Hall–Kier alpha value is -1.64. The van der Waals surface area contributed by atoms with Gasteiger partial charge < -0.3 is 4.74 Å². The average Bonchev–Trinajstić information content (AvgIpc) is 2.27. The SMILES string of the molecule is COC(=O)C1CC=Nc2ccccc21. The van der Waals surface area contributed by atoms with E-state index in [0.29, 0.717) is 6.42 Å². The number of benzene rings is 1. The molecule has 3 nitrogen and oxygen atoms in total. The van der Waals surface area contributed by atoms with Crippen molar-refractivity contribution in [2.75, 3.05) is 7.11 Å². The summed E-state index contributed by atoms with van der Waals surface area (Å²) in [7, 11) is 1.41. The summed E-state index contributed by atoms with van der Waals surface area (Å²) in [6, 6.07) is 7.65. The van der Waals surface area contributed by atoms with Gasteiger partial charge in [-0.2, -0.15) is 0 Å². The third kappa shape index (κ3) is 1.41. The number of carbonyl (C=O) groups is 1. The van der Waals surface area contributed by atoms with Crippen LogP contribution in [0, 0.1) is 0 Å². The average molecular weight is 189 g/mol. The normalized spacial score (nSPS) is 18.8. The summed E-state index contributed by atoms with van der Waals surface area (Å²) in [5, 5.41) is 0. The molecular weight excluding hydrogens is 178 g/mol. The molecule has 1 aliphatic rings. The van der Waals surface area contributed by atoms with Gasteiger partial charge in [0.2, 0.25) is 0 Å². The number of carbonyl (C=O) groups excluding carboxylic acids is 1. The fourth-order valence-electron chi connectivity index (χ4n) is 1.65. The second-order valence-corrected chi connectivity index (χ2v) is 3.18. The molecule has 1 unspecified atom stereocenters. The van der Waals surface area contributed by atoms with E-state index in [-0.39, 0.29) is 11.9 Å². The molecule has 0 N–H and O–H groups in total. The van der Waals surface area contributed by atoms with Crippen LogP contribution in [-0.4, -0.2) is 19.3 Å². The lowest BCUT2D eigenvalue weighted by Gasteiger charge is -2.18. The van der Waals surface area contributed by atoms with Crippen molar-refractivity contribution in [1.82, 2.24) is 0 Å². The first-order valence-corrected chi connectivity index (χ1v) is 4.52. The highest BCUT2D eigenvalue weighted by Crippen LogP contribution is 2.32. The largest absolute Gasteiger partial charge is 0.469 e. The van der Waals surface area contributed by atoms with Gasteiger partial charge in [0, 0.05) is 12.6 Å². The molecule has 0 fully saturated rings. The van der Waals surface area contributed by atoms with Crippen molar-refractivity contribution >= 4 is 17.9 Å². The van der Waals surface area contributed by atoms with E-state index in [9.17, 15) is 4.79 Å². The zero-order valence-electron chi connectivity index (χ0n) is 7.93. The number of rotatable bonds is 1. The topological polar surface area (TPSA) is 38.7 Å². The van der Waals surface area contributed by atoms with Gasteiger partial charge in [0.05, 0.1) is 18.7 Å². The van der Waals surface area contributed by atoms with Crippen LogP contribution in [0.2, 0.25) is 0 Å². The second-order valence-electron chi connectivity index (χ2n) is 3.18. The molecule has 14 heavy (non-hydrogen) atoms. The number of nitrogens with zero attached hydrogens (tertiary/aromatic N) is 1. The fourth-order valence-corrected chi connectivity index (χ4v) is 1.65. The van der Waals surface area contributed by atoms with E-state index in [2.05, 4.69) is 4.99 Å². The van der Waals surface area contributed by atoms with Crippen LogP contribution in [0.25, 0.3) is 0 Å². The molecule has 0 aliphatic carbocycles. The van der Waals surface area contributed by atoms with E-state index in [1.807, 2.05) is 24.3 Å². The molecule has 0 saturated heterocycles. The number of fused-ring (bicyclic) bond motifs is 1. The van der Waals surface area contributed by atoms with Gasteiger partial charge in [0.1, 0.15) is 0 Å². The number of esters is 1. The highest BCUT2D eigenvalue weighted by Gasteiger charge is 2.24. The van der Waals surface area contributed by atoms with Crippen LogP contribution in [-0.2, 0) is 9.53 Å². The predicted octanol–water partition coefficient (Wildman–Crippen LogP) is 2.05. The first kappa shape index (κ1) is 8.94. The molecule has 1 aliphatic heterocycles. The molecule has 72 valence electrons. The van der Waals surface area contributed by atoms with E-state index >= 15 is 0 Å². The summed E-state index contributed by atoms with van der Waals surface area (Å²) in [5.41, 5.74) is 1.83. The Morgan fingerprint density at radius 2 is 2.29 bits per heavy atom. The van der Waals surface area contributed by atoms with Gasteiger partial charge in [-0.15, -0.1) is 0 Å². The molecule has 1 aromatic rings. The van der Waals surface area contributed by atoms with Crippen LogP contribution in [0.4, 0.5) is 5.69 Å². The molecule has 0 bridgehead atoms. The molecule has 0 radical (unpaired) electrons. The van der Waals surface area contributed by atoms with Crippen LogP contribution in [0.1, 0.15) is 17.9 Å². The fraction of sp³-hybridized carbons (Fsp3) is 0.273. The molecule has 1 atom stereocenters. The summed E-state index contributed by atoms with van der Waals surface area (Å²) in [4.78, 5) is 15.7. The van der Waals surface area contributed by atoms with Crippen molar-refractivity contribution in [3.8, 4) is 0 Å². The van der Waals surface area contributed by atoms with Crippen LogP contribution < -0.4 is 0 Å². The number of para-hydroxylation sites is 1. The Morgan fingerprint density at radius 1 is 1.50 bits per heavy atom. The molecular formula is C11H11NO2. The maximum absolute atomic E-state index is 11.4. The molecule has 1 aromatic carbocycles. The van der Waals surface area contributed by atoms with E-state index in [0.717, 1.165) is 11.3 Å². The third-order valence-electron chi connectivity index (χ3n) is 2.37. The van der Waals surface area contributed by atoms with Crippen molar-refractivity contribution < 1.29 is 9.53 Å². The van der Waals surface area contributed by atoms with Gasteiger partial charge in [-0.3, -0.25) is 9.79 Å². The van der Waals surface area contributed by atoms with Crippen molar-refractivity contribution in [1.29, 1.82) is 0 Å². The van der Waals surface area contributed by atoms with Crippen LogP contribution >= 0.6 is 0 Å². The highest BCUT2D eigenvalue weighted by atomic mass is 16.5. The van der Waals surface area contributed by atoms with E-state index in [1.54, 1.807) is 6.21 Å². The zero-order chi connectivity index (χ0) is 9.97. The van der Waals surface area contributed by atoms with Gasteiger partial charge >= 0.3 is 5.97 Å². The summed E-state index contributed by atoms with van der Waals surface area (Å²) < 4.78 is 4.75. The Bertz CT molecular complexity index is 385. The summed E-state index contributed by atoms with van der Waals surface area (Å²) in [6.07, 6.45) is 2.40. The monoisotopic (exact) mass is 189 g/mol. The number of hydrogen-bond acceptors (Lipinski definition) is 3. The maximum atomic E-state index is 11.4. The van der Waals surface area contributed by atoms with Crippen LogP contribution in [0.15, 0.2) is 29.3 Å². The summed E-state index contributed by atoms with van der Waals surface area (Å²) in [5.74, 6) is -0.378. The maximum Gasteiger partial charge on any atom is 0.313 e. The van der Waals surface area contributed by atoms with E-state index in [4.69, 9.17) is 4.74 Å². The van der Waals surface area contributed by atoms with Crippen molar-refractivity contribution in [2.24, 2.45) is 4.99 Å². The van der Waals surface area contributed by atoms with Gasteiger partial charge in [0.25, 0.3) is 0 Å². The lowest BCUT2D eigenvalue weighted by atomic mass is 9.93. The van der Waals surface area contributed by atoms with E-state index in [1.165, 1.54) is 7.11 Å². The van der Waals surface area contributed by atoms with Gasteiger partial charge in [-0.1, -0.05) is 18.2 Å². The lowest BCUT2D eigenvalue weighted by molar-refractivity contribution is -0.142. The van der Waals surface area contributed by atoms with Gasteiger partial charge in [-0.05, 0) is 11.6 Å². The predicted molar refractivity (Wildman–Crippen MR) is 54.0 cm³/mol. The van der Waals surface area contributed by atoms with Gasteiger partial charge in [0.15, 0.2) is 0 Å². The molecule has 0 spiro atoms. The Labute approximate surface area is 82.4 Å². The smallest absolute Gasteiger partial charge is 0.313 e. The zero-order valence-corrected chi connectivity index (χ0v) is 7.93.